The minimum Gasteiger partial charge on any atom is -0.489 e. The number of rotatable bonds is 7. The first-order valence-corrected chi connectivity index (χ1v) is 12.3. The van der Waals surface area contributed by atoms with E-state index in [2.05, 4.69) is 29.0 Å². The topological polar surface area (TPSA) is 93.2 Å². The molecule has 8 nitrogen and oxygen atoms in total. The molecule has 1 amide bonds. The van der Waals surface area contributed by atoms with Crippen molar-refractivity contribution in [2.45, 2.75) is 59.3 Å². The maximum absolute atomic E-state index is 12.7. The molecule has 1 aliphatic heterocycles. The number of aliphatic hydroxyl groups excluding tert-OH is 1. The van der Waals surface area contributed by atoms with Crippen LogP contribution in [0.5, 0.6) is 17.4 Å². The molecule has 2 N–H and O–H groups in total. The lowest BCUT2D eigenvalue weighted by Gasteiger charge is -2.27. The molecule has 1 aromatic carbocycles. The Labute approximate surface area is 208 Å². The maximum Gasteiger partial charge on any atom is 0.234 e. The fraction of sp³-hybridized carbons (Fsp3) is 0.556. The molecule has 2 heterocycles. The molecule has 1 atom stereocenters. The molecule has 0 bridgehead atoms. The molecule has 0 saturated carbocycles. The van der Waals surface area contributed by atoms with Crippen molar-refractivity contribution in [2.24, 2.45) is 5.41 Å². The highest BCUT2D eigenvalue weighted by Crippen LogP contribution is 2.34. The SMILES string of the molecule is CC(C)OCC(O)CNC(=O)CN1CCCC(C)(C)COc2ccccc2Oc2ncccc2C1. The third-order valence-electron chi connectivity index (χ3n) is 5.77. The zero-order valence-electron chi connectivity index (χ0n) is 21.3. The minimum atomic E-state index is -0.740. The van der Waals surface area contributed by atoms with E-state index < -0.39 is 6.10 Å². The number of hydrogen-bond acceptors (Lipinski definition) is 7. The Morgan fingerprint density at radius 2 is 2.00 bits per heavy atom. The number of para-hydroxylation sites is 2. The average molecular weight is 486 g/mol. The number of amides is 1. The van der Waals surface area contributed by atoms with Gasteiger partial charge < -0.3 is 24.6 Å². The number of aliphatic hydroxyl groups is 1. The average Bonchev–Trinajstić information content (AvgIpc) is 2.82. The summed E-state index contributed by atoms with van der Waals surface area (Å²) in [5, 5.41) is 12.9. The Morgan fingerprint density at radius 1 is 1.23 bits per heavy atom. The molecule has 0 radical (unpaired) electrons. The lowest BCUT2D eigenvalue weighted by atomic mass is 9.88. The normalized spacial score (nSPS) is 17.4. The van der Waals surface area contributed by atoms with Crippen molar-refractivity contribution in [1.82, 2.24) is 15.2 Å². The largest absolute Gasteiger partial charge is 0.489 e. The fourth-order valence-corrected chi connectivity index (χ4v) is 3.83. The molecule has 3 rings (SSSR count). The summed E-state index contributed by atoms with van der Waals surface area (Å²) in [5.74, 6) is 1.66. The van der Waals surface area contributed by atoms with Crippen LogP contribution in [-0.2, 0) is 16.1 Å². The van der Waals surface area contributed by atoms with E-state index in [1.807, 2.05) is 50.2 Å². The van der Waals surface area contributed by atoms with Crippen molar-refractivity contribution in [3.8, 4) is 17.4 Å². The van der Waals surface area contributed by atoms with Gasteiger partial charge in [-0.15, -0.1) is 0 Å². The molecule has 192 valence electrons. The first-order chi connectivity index (χ1) is 16.7. The first kappa shape index (κ1) is 26.9. The molecule has 1 aliphatic rings. The minimum absolute atomic E-state index is 0.0318. The van der Waals surface area contributed by atoms with E-state index in [1.54, 1.807) is 6.20 Å². The molecule has 1 unspecified atom stereocenters. The second kappa shape index (κ2) is 12.9. The number of pyridine rings is 1. The number of benzene rings is 1. The van der Waals surface area contributed by atoms with Gasteiger partial charge in [0, 0.05) is 24.8 Å². The smallest absolute Gasteiger partial charge is 0.234 e. The number of nitrogens with one attached hydrogen (secondary N) is 1. The summed E-state index contributed by atoms with van der Waals surface area (Å²) in [7, 11) is 0. The monoisotopic (exact) mass is 485 g/mol. The predicted molar refractivity (Wildman–Crippen MR) is 135 cm³/mol. The van der Waals surface area contributed by atoms with Gasteiger partial charge in [0.2, 0.25) is 11.8 Å². The van der Waals surface area contributed by atoms with Crippen molar-refractivity contribution < 1.29 is 24.1 Å². The quantitative estimate of drug-likeness (QED) is 0.617. The number of nitrogens with zero attached hydrogens (tertiary/aromatic N) is 2. The van der Waals surface area contributed by atoms with Crippen LogP contribution in [0.2, 0.25) is 0 Å². The number of carbonyl (C=O) groups excluding carboxylic acids is 1. The molecular formula is C27H39N3O5. The van der Waals surface area contributed by atoms with Gasteiger partial charge >= 0.3 is 0 Å². The number of ether oxygens (including phenoxy) is 3. The molecule has 0 fully saturated rings. The van der Waals surface area contributed by atoms with Crippen LogP contribution >= 0.6 is 0 Å². The van der Waals surface area contributed by atoms with E-state index in [0.717, 1.165) is 24.9 Å². The molecule has 2 aromatic rings. The summed E-state index contributed by atoms with van der Waals surface area (Å²) in [6.07, 6.45) is 2.84. The van der Waals surface area contributed by atoms with Crippen LogP contribution < -0.4 is 14.8 Å². The summed E-state index contributed by atoms with van der Waals surface area (Å²) in [5.41, 5.74) is 0.847. The van der Waals surface area contributed by atoms with Gasteiger partial charge in [0.15, 0.2) is 11.5 Å². The van der Waals surface area contributed by atoms with Crippen molar-refractivity contribution in [1.29, 1.82) is 0 Å². The first-order valence-electron chi connectivity index (χ1n) is 12.3. The highest BCUT2D eigenvalue weighted by Gasteiger charge is 2.23. The molecule has 1 aromatic heterocycles. The number of fused-ring (bicyclic) bond motifs is 2. The van der Waals surface area contributed by atoms with E-state index in [4.69, 9.17) is 14.2 Å². The Kier molecular flexibility index (Phi) is 9.89. The van der Waals surface area contributed by atoms with Crippen LogP contribution in [0.3, 0.4) is 0 Å². The molecule has 8 heteroatoms. The van der Waals surface area contributed by atoms with Crippen LogP contribution in [0.15, 0.2) is 42.6 Å². The lowest BCUT2D eigenvalue weighted by molar-refractivity contribution is -0.123. The Morgan fingerprint density at radius 3 is 2.77 bits per heavy atom. The van der Waals surface area contributed by atoms with Crippen LogP contribution in [0.1, 0.15) is 46.1 Å². The summed E-state index contributed by atoms with van der Waals surface area (Å²) in [4.78, 5) is 19.3. The second-order valence-corrected chi connectivity index (χ2v) is 10.1. The maximum atomic E-state index is 12.7. The van der Waals surface area contributed by atoms with Crippen molar-refractivity contribution in [3.05, 3.63) is 48.2 Å². The Hall–Kier alpha value is -2.68. The van der Waals surface area contributed by atoms with Gasteiger partial charge in [-0.1, -0.05) is 32.0 Å². The summed E-state index contributed by atoms with van der Waals surface area (Å²) < 4.78 is 17.8. The highest BCUT2D eigenvalue weighted by molar-refractivity contribution is 5.78. The van der Waals surface area contributed by atoms with Crippen LogP contribution in [0.4, 0.5) is 0 Å². The van der Waals surface area contributed by atoms with E-state index in [0.29, 0.717) is 30.5 Å². The number of carbonyl (C=O) groups is 1. The molecule has 0 spiro atoms. The molecule has 0 saturated heterocycles. The van der Waals surface area contributed by atoms with Crippen LogP contribution in [0.25, 0.3) is 0 Å². The zero-order valence-corrected chi connectivity index (χ0v) is 21.3. The van der Waals surface area contributed by atoms with Gasteiger partial charge in [0.05, 0.1) is 32.0 Å². The Bertz CT molecular complexity index is 950. The van der Waals surface area contributed by atoms with Crippen LogP contribution in [-0.4, -0.2) is 66.0 Å². The van der Waals surface area contributed by atoms with Gasteiger partial charge in [0.25, 0.3) is 0 Å². The van der Waals surface area contributed by atoms with Gasteiger partial charge in [-0.3, -0.25) is 9.69 Å². The van der Waals surface area contributed by atoms with Gasteiger partial charge in [-0.25, -0.2) is 4.98 Å². The summed E-state index contributed by atoms with van der Waals surface area (Å²) >= 11 is 0. The predicted octanol–water partition coefficient (Wildman–Crippen LogP) is 3.78. The van der Waals surface area contributed by atoms with E-state index >= 15 is 0 Å². The van der Waals surface area contributed by atoms with Gasteiger partial charge in [-0.2, -0.15) is 0 Å². The van der Waals surface area contributed by atoms with Gasteiger partial charge in [-0.05, 0) is 56.8 Å². The van der Waals surface area contributed by atoms with Crippen molar-refractivity contribution in [2.75, 3.05) is 32.8 Å². The van der Waals surface area contributed by atoms with Gasteiger partial charge in [0.1, 0.15) is 0 Å². The summed E-state index contributed by atoms with van der Waals surface area (Å²) in [6, 6.07) is 11.5. The van der Waals surface area contributed by atoms with E-state index in [-0.39, 0.29) is 37.1 Å². The zero-order chi connectivity index (χ0) is 25.3. The fourth-order valence-electron chi connectivity index (χ4n) is 3.83. The lowest BCUT2D eigenvalue weighted by Crippen LogP contribution is -2.41. The molecule has 0 aliphatic carbocycles. The second-order valence-electron chi connectivity index (χ2n) is 10.1. The Balaban J connectivity index is 1.73. The van der Waals surface area contributed by atoms with E-state index in [9.17, 15) is 9.90 Å². The summed E-state index contributed by atoms with van der Waals surface area (Å²) in [6.45, 7) is 10.5. The third-order valence-corrected chi connectivity index (χ3v) is 5.77. The highest BCUT2D eigenvalue weighted by atomic mass is 16.5. The number of aromatic nitrogens is 1. The molecule has 35 heavy (non-hydrogen) atoms. The van der Waals surface area contributed by atoms with E-state index in [1.165, 1.54) is 0 Å². The third kappa shape index (κ3) is 9.12. The van der Waals surface area contributed by atoms with Crippen LogP contribution in [0, 0.1) is 5.41 Å². The molecular weight excluding hydrogens is 446 g/mol. The standard InChI is InChI=1S/C27H39N3O5/c1-20(2)33-18-22(31)15-29-25(32)17-30-14-8-12-27(3,4)19-34-23-10-5-6-11-24(23)35-26-21(16-30)9-7-13-28-26/h5-7,9-11,13,20,22,31H,8,12,14-19H2,1-4H3,(H,29,32). The number of hydrogen-bond donors (Lipinski definition) is 2. The van der Waals surface area contributed by atoms with Crippen molar-refractivity contribution in [3.63, 3.8) is 0 Å². The van der Waals surface area contributed by atoms with Crippen molar-refractivity contribution >= 4 is 5.91 Å².